The topological polar surface area (TPSA) is 32.3 Å². The molecular weight excluding hydrogens is 236 g/mol. The summed E-state index contributed by atoms with van der Waals surface area (Å²) in [4.78, 5) is 13.7. The molecule has 0 aliphatic carbocycles. The minimum absolute atomic E-state index is 0.163. The van der Waals surface area contributed by atoms with Crippen molar-refractivity contribution in [3.05, 3.63) is 47.2 Å². The molecule has 0 unspecified atom stereocenters. The molecule has 0 spiro atoms. The van der Waals surface area contributed by atoms with Crippen LogP contribution in [0.25, 0.3) is 0 Å². The van der Waals surface area contributed by atoms with Crippen LogP contribution in [0.15, 0.2) is 41.6 Å². The van der Waals surface area contributed by atoms with Crippen LogP contribution in [0.1, 0.15) is 32.3 Å². The molecule has 1 amide bonds. The highest BCUT2D eigenvalue weighted by Gasteiger charge is 2.26. The van der Waals surface area contributed by atoms with Gasteiger partial charge in [0.2, 0.25) is 5.91 Å². The molecule has 0 saturated carbocycles. The third kappa shape index (κ3) is 3.44. The van der Waals surface area contributed by atoms with Crippen LogP contribution < -0.4 is 5.32 Å². The molecule has 102 valence electrons. The summed E-state index contributed by atoms with van der Waals surface area (Å²) in [6.45, 7) is 6.91. The number of hydrogen-bond acceptors (Lipinski definition) is 2. The van der Waals surface area contributed by atoms with Gasteiger partial charge in [-0.05, 0) is 17.6 Å². The molecule has 3 rings (SSSR count). The molecule has 1 N–H and O–H groups in total. The lowest BCUT2D eigenvalue weighted by Gasteiger charge is -2.27. The Morgan fingerprint density at radius 3 is 2.68 bits per heavy atom. The quantitative estimate of drug-likeness (QED) is 0.884. The van der Waals surface area contributed by atoms with E-state index in [1.165, 1.54) is 11.1 Å². The van der Waals surface area contributed by atoms with E-state index in [0.29, 0.717) is 6.42 Å². The predicted octanol–water partition coefficient (Wildman–Crippen LogP) is 2.69. The highest BCUT2D eigenvalue weighted by molar-refractivity contribution is 5.84. The van der Waals surface area contributed by atoms with Gasteiger partial charge in [-0.3, -0.25) is 9.69 Å². The van der Waals surface area contributed by atoms with Crippen molar-refractivity contribution in [1.29, 1.82) is 0 Å². The molecule has 0 saturated heterocycles. The molecule has 0 radical (unpaired) electrons. The first-order valence-electron chi connectivity index (χ1n) is 7.08. The third-order valence-electron chi connectivity index (χ3n) is 3.45. The largest absolute Gasteiger partial charge is 0.328 e. The lowest BCUT2D eigenvalue weighted by Crippen LogP contribution is -2.33. The Hall–Kier alpha value is -1.61. The number of rotatable bonds is 2. The van der Waals surface area contributed by atoms with E-state index in [4.69, 9.17) is 0 Å². The lowest BCUT2D eigenvalue weighted by molar-refractivity contribution is -0.118. The molecule has 1 aromatic carbocycles. The lowest BCUT2D eigenvalue weighted by atomic mass is 10.0. The fraction of sp³-hybridized carbons (Fsp3) is 0.438. The van der Waals surface area contributed by atoms with Gasteiger partial charge >= 0.3 is 0 Å². The molecule has 19 heavy (non-hydrogen) atoms. The van der Waals surface area contributed by atoms with Gasteiger partial charge in [-0.2, -0.15) is 0 Å². The molecule has 2 heterocycles. The van der Waals surface area contributed by atoms with Crippen molar-refractivity contribution in [2.75, 3.05) is 13.1 Å². The molecule has 3 nitrogen and oxygen atoms in total. The molecule has 0 aromatic heterocycles. The normalized spacial score (nSPS) is 18.5. The van der Waals surface area contributed by atoms with E-state index in [2.05, 4.69) is 34.5 Å². The first kappa shape index (κ1) is 13.8. The summed E-state index contributed by atoms with van der Waals surface area (Å²) in [7, 11) is 0. The number of carbonyl (C=O) groups is 1. The van der Waals surface area contributed by atoms with Crippen molar-refractivity contribution >= 4 is 5.91 Å². The fourth-order valence-corrected chi connectivity index (χ4v) is 2.56. The maximum Gasteiger partial charge on any atom is 0.228 e. The second-order valence-electron chi connectivity index (χ2n) is 4.75. The van der Waals surface area contributed by atoms with Gasteiger partial charge < -0.3 is 5.32 Å². The summed E-state index contributed by atoms with van der Waals surface area (Å²) in [5.74, 6) is 0.163. The van der Waals surface area contributed by atoms with E-state index < -0.39 is 0 Å². The summed E-state index contributed by atoms with van der Waals surface area (Å²) in [6, 6.07) is 10.5. The number of hydrogen-bond donors (Lipinski definition) is 1. The average Bonchev–Trinajstić information content (AvgIpc) is 2.81. The van der Waals surface area contributed by atoms with Crippen molar-refractivity contribution in [2.45, 2.75) is 33.2 Å². The minimum atomic E-state index is 0.163. The molecule has 0 fully saturated rings. The van der Waals surface area contributed by atoms with E-state index in [1.807, 2.05) is 19.9 Å². The maximum atomic E-state index is 11.3. The Morgan fingerprint density at radius 2 is 1.95 bits per heavy atom. The van der Waals surface area contributed by atoms with Crippen molar-refractivity contribution in [2.24, 2.45) is 0 Å². The van der Waals surface area contributed by atoms with Crippen LogP contribution in [0.5, 0.6) is 0 Å². The van der Waals surface area contributed by atoms with Gasteiger partial charge in [0.05, 0.1) is 0 Å². The molecular formula is C16H22N2O. The van der Waals surface area contributed by atoms with Gasteiger partial charge in [0.15, 0.2) is 0 Å². The highest BCUT2D eigenvalue weighted by atomic mass is 16.1. The third-order valence-corrected chi connectivity index (χ3v) is 3.45. The van der Waals surface area contributed by atoms with E-state index in [0.717, 1.165) is 31.8 Å². The predicted molar refractivity (Wildman–Crippen MR) is 77.5 cm³/mol. The SMILES string of the molecule is CC.O=C1CC2=C(CN(Cc3ccccc3)CC2)N1. The zero-order chi connectivity index (χ0) is 13.7. The first-order valence-corrected chi connectivity index (χ1v) is 7.08. The fourth-order valence-electron chi connectivity index (χ4n) is 2.56. The van der Waals surface area contributed by atoms with Crippen molar-refractivity contribution in [3.8, 4) is 0 Å². The zero-order valence-corrected chi connectivity index (χ0v) is 11.8. The van der Waals surface area contributed by atoms with Gasteiger partial charge in [-0.1, -0.05) is 44.2 Å². The van der Waals surface area contributed by atoms with Crippen LogP contribution in [-0.2, 0) is 11.3 Å². The summed E-state index contributed by atoms with van der Waals surface area (Å²) < 4.78 is 0. The standard InChI is InChI=1S/C14H16N2O.C2H6/c17-14-8-12-6-7-16(10-13(12)15-14)9-11-4-2-1-3-5-11;1-2/h1-5H,6-10H2,(H,15,17);1-2H3. The Balaban J connectivity index is 0.000000637. The van der Waals surface area contributed by atoms with Crippen LogP contribution in [0, 0.1) is 0 Å². The van der Waals surface area contributed by atoms with Crippen LogP contribution >= 0.6 is 0 Å². The number of carbonyl (C=O) groups excluding carboxylic acids is 1. The van der Waals surface area contributed by atoms with Crippen molar-refractivity contribution in [3.63, 3.8) is 0 Å². The monoisotopic (exact) mass is 258 g/mol. The summed E-state index contributed by atoms with van der Waals surface area (Å²) in [6.07, 6.45) is 1.65. The number of nitrogens with one attached hydrogen (secondary N) is 1. The molecule has 2 aliphatic rings. The summed E-state index contributed by atoms with van der Waals surface area (Å²) >= 11 is 0. The summed E-state index contributed by atoms with van der Waals surface area (Å²) in [5, 5.41) is 2.97. The van der Waals surface area contributed by atoms with Gasteiger partial charge in [0.25, 0.3) is 0 Å². The highest BCUT2D eigenvalue weighted by Crippen LogP contribution is 2.24. The first-order chi connectivity index (χ1) is 9.31. The van der Waals surface area contributed by atoms with E-state index in [9.17, 15) is 4.79 Å². The smallest absolute Gasteiger partial charge is 0.228 e. The van der Waals surface area contributed by atoms with Crippen LogP contribution in [0.4, 0.5) is 0 Å². The Labute approximate surface area is 115 Å². The van der Waals surface area contributed by atoms with E-state index in [-0.39, 0.29) is 5.91 Å². The Kier molecular flexibility index (Phi) is 4.74. The van der Waals surface area contributed by atoms with Crippen LogP contribution in [0.3, 0.4) is 0 Å². The number of benzene rings is 1. The van der Waals surface area contributed by atoms with E-state index >= 15 is 0 Å². The molecule has 0 atom stereocenters. The van der Waals surface area contributed by atoms with Crippen LogP contribution in [0.2, 0.25) is 0 Å². The summed E-state index contributed by atoms with van der Waals surface area (Å²) in [5.41, 5.74) is 3.80. The Morgan fingerprint density at radius 1 is 1.21 bits per heavy atom. The van der Waals surface area contributed by atoms with Crippen LogP contribution in [-0.4, -0.2) is 23.9 Å². The molecule has 0 bridgehead atoms. The molecule has 2 aliphatic heterocycles. The second kappa shape index (κ2) is 6.53. The van der Waals surface area contributed by atoms with Crippen molar-refractivity contribution < 1.29 is 4.79 Å². The average molecular weight is 258 g/mol. The van der Waals surface area contributed by atoms with Gasteiger partial charge in [-0.15, -0.1) is 0 Å². The Bertz CT molecular complexity index is 465. The number of amides is 1. The van der Waals surface area contributed by atoms with Gasteiger partial charge in [0, 0.05) is 31.8 Å². The maximum absolute atomic E-state index is 11.3. The zero-order valence-electron chi connectivity index (χ0n) is 11.8. The van der Waals surface area contributed by atoms with Gasteiger partial charge in [-0.25, -0.2) is 0 Å². The minimum Gasteiger partial charge on any atom is -0.328 e. The van der Waals surface area contributed by atoms with E-state index in [1.54, 1.807) is 0 Å². The second-order valence-corrected chi connectivity index (χ2v) is 4.75. The molecule has 3 heteroatoms. The van der Waals surface area contributed by atoms with Crippen molar-refractivity contribution in [1.82, 2.24) is 10.2 Å². The number of nitrogens with zero attached hydrogens (tertiary/aromatic N) is 1. The molecule has 1 aromatic rings. The van der Waals surface area contributed by atoms with Gasteiger partial charge in [0.1, 0.15) is 0 Å².